The minimum Gasteiger partial charge on any atom is -0.365 e. The zero-order valence-electron chi connectivity index (χ0n) is 14.8. The van der Waals surface area contributed by atoms with Gasteiger partial charge in [0.05, 0.1) is 0 Å². The fourth-order valence-corrected chi connectivity index (χ4v) is 2.33. The van der Waals surface area contributed by atoms with Crippen LogP contribution < -0.4 is 33.0 Å². The van der Waals surface area contributed by atoms with Gasteiger partial charge in [-0.3, -0.25) is 9.59 Å². The van der Waals surface area contributed by atoms with Crippen LogP contribution in [0, 0.1) is 20.2 Å². The molecule has 2 atom stereocenters. The van der Waals surface area contributed by atoms with Crippen molar-refractivity contribution in [3.63, 3.8) is 0 Å². The first-order valence-corrected chi connectivity index (χ1v) is 8.21. The summed E-state index contributed by atoms with van der Waals surface area (Å²) in [7, 11) is 0. The maximum absolute atomic E-state index is 12.1. The quantitative estimate of drug-likeness (QED) is 0.0699. The van der Waals surface area contributed by atoms with E-state index < -0.39 is 22.1 Å². The maximum Gasteiger partial charge on any atom is 0.251 e. The average Bonchev–Trinajstić information content (AvgIpc) is 2.57. The molecule has 0 unspecified atom stereocenters. The molecule has 2 amide bonds. The Morgan fingerprint density at radius 3 is 1.57 bits per heavy atom. The van der Waals surface area contributed by atoms with E-state index in [0.29, 0.717) is 12.8 Å². The minimum absolute atomic E-state index is 0.146. The second-order valence-corrected chi connectivity index (χ2v) is 5.68. The number of rotatable bonds is 10. The summed E-state index contributed by atoms with van der Waals surface area (Å²) in [6.45, 7) is 0.292. The van der Waals surface area contributed by atoms with Crippen LogP contribution in [0.15, 0.2) is 9.98 Å². The summed E-state index contributed by atoms with van der Waals surface area (Å²) < 4.78 is 0. The number of aliphatic imine (C=N–C) groups is 2. The molecule has 0 aliphatic carbocycles. The monoisotopic (exact) mass is 402 g/mol. The van der Waals surface area contributed by atoms with Gasteiger partial charge in [-0.1, -0.05) is 10.9 Å². The van der Waals surface area contributed by atoms with E-state index in [1.54, 1.807) is 10.9 Å². The Morgan fingerprint density at radius 1 is 0.893 bits per heavy atom. The van der Waals surface area contributed by atoms with Crippen LogP contribution in [0.25, 0.3) is 0 Å². The molecule has 28 heavy (non-hydrogen) atoms. The number of hydrogen-bond acceptors (Lipinski definition) is 8. The van der Waals surface area contributed by atoms with E-state index in [9.17, 15) is 29.8 Å². The summed E-state index contributed by atoms with van der Waals surface area (Å²) in [6, 6.07) is -1.47. The Morgan fingerprint density at radius 2 is 1.25 bits per heavy atom. The zero-order valence-corrected chi connectivity index (χ0v) is 14.8. The number of hydrogen-bond donors (Lipinski definition) is 6. The van der Waals surface area contributed by atoms with Gasteiger partial charge in [0.1, 0.15) is 12.1 Å². The second-order valence-electron chi connectivity index (χ2n) is 5.68. The smallest absolute Gasteiger partial charge is 0.251 e. The number of carbonyl (C=O) groups excluding carboxylic acids is 2. The number of nitro groups is 2. The third kappa shape index (κ3) is 8.59. The van der Waals surface area contributed by atoms with Crippen LogP contribution in [0.3, 0.4) is 0 Å². The molecule has 16 heteroatoms. The number of piperazine rings is 1. The van der Waals surface area contributed by atoms with E-state index in [2.05, 4.69) is 20.6 Å². The van der Waals surface area contributed by atoms with E-state index in [-0.39, 0.29) is 49.7 Å². The fraction of sp³-hybridized carbons (Fsp3) is 0.667. The predicted octanol–water partition coefficient (Wildman–Crippen LogP) is -3.28. The first-order chi connectivity index (χ1) is 13.2. The Hall–Kier alpha value is -3.72. The molecule has 0 radical (unpaired) electrons. The number of nitrogens with zero attached hydrogens (tertiary/aromatic N) is 4. The lowest BCUT2D eigenvalue weighted by Gasteiger charge is -2.29. The summed E-state index contributed by atoms with van der Waals surface area (Å²) in [4.78, 5) is 51.9. The van der Waals surface area contributed by atoms with Crippen LogP contribution in [0.5, 0.6) is 0 Å². The molecule has 0 saturated carbocycles. The number of hydrazine groups is 2. The van der Waals surface area contributed by atoms with Crippen LogP contribution >= 0.6 is 0 Å². The third-order valence-electron chi connectivity index (χ3n) is 3.54. The maximum atomic E-state index is 12.1. The molecule has 0 bridgehead atoms. The number of nitrogens with one attached hydrogen (secondary N) is 4. The summed E-state index contributed by atoms with van der Waals surface area (Å²) in [5, 5.41) is 23.8. The van der Waals surface area contributed by atoms with Gasteiger partial charge in [0.15, 0.2) is 10.1 Å². The Labute approximate surface area is 158 Å². The lowest BCUT2D eigenvalue weighted by Crippen LogP contribution is -2.61. The van der Waals surface area contributed by atoms with Crippen molar-refractivity contribution in [1.82, 2.24) is 21.5 Å². The molecule has 16 nitrogen and oxygen atoms in total. The molecule has 0 aromatic heterocycles. The molecule has 1 fully saturated rings. The molecule has 0 spiro atoms. The second kappa shape index (κ2) is 11.1. The van der Waals surface area contributed by atoms with Gasteiger partial charge in [0, 0.05) is 13.1 Å². The Balaban J connectivity index is 2.33. The van der Waals surface area contributed by atoms with Crippen LogP contribution in [-0.2, 0) is 9.59 Å². The van der Waals surface area contributed by atoms with Gasteiger partial charge in [-0.2, -0.15) is 0 Å². The van der Waals surface area contributed by atoms with Crippen LogP contribution in [0.1, 0.15) is 25.7 Å². The van der Waals surface area contributed by atoms with Crippen molar-refractivity contribution in [3.8, 4) is 0 Å². The molecule has 0 aromatic rings. The molecule has 1 saturated heterocycles. The van der Waals surface area contributed by atoms with E-state index in [1.165, 1.54) is 0 Å². The van der Waals surface area contributed by atoms with E-state index in [4.69, 9.17) is 11.5 Å². The topological polar surface area (TPSA) is 245 Å². The molecule has 1 heterocycles. The number of carbonyl (C=O) groups is 2. The first kappa shape index (κ1) is 22.3. The average molecular weight is 402 g/mol. The van der Waals surface area contributed by atoms with Crippen molar-refractivity contribution in [3.05, 3.63) is 20.2 Å². The molecular formula is C12H22N10O6. The van der Waals surface area contributed by atoms with Gasteiger partial charge < -0.3 is 22.1 Å². The highest BCUT2D eigenvalue weighted by molar-refractivity contribution is 5.96. The normalized spacial score (nSPS) is 20.1. The van der Waals surface area contributed by atoms with Gasteiger partial charge in [0.25, 0.3) is 11.9 Å². The number of guanidine groups is 2. The summed E-state index contributed by atoms with van der Waals surface area (Å²) in [5.74, 6) is -1.41. The summed E-state index contributed by atoms with van der Waals surface area (Å²) >= 11 is 0. The highest BCUT2D eigenvalue weighted by Crippen LogP contribution is 2.08. The highest BCUT2D eigenvalue weighted by Gasteiger charge is 2.32. The van der Waals surface area contributed by atoms with E-state index in [0.717, 1.165) is 0 Å². The van der Waals surface area contributed by atoms with Crippen LogP contribution in [0.4, 0.5) is 0 Å². The molecular weight excluding hydrogens is 380 g/mol. The molecule has 1 rings (SSSR count). The Kier molecular flexibility index (Phi) is 8.84. The van der Waals surface area contributed by atoms with Crippen molar-refractivity contribution in [2.24, 2.45) is 21.5 Å². The van der Waals surface area contributed by atoms with Crippen molar-refractivity contribution in [1.29, 1.82) is 0 Å². The fourth-order valence-electron chi connectivity index (χ4n) is 2.33. The van der Waals surface area contributed by atoms with Crippen molar-refractivity contribution >= 4 is 23.7 Å². The SMILES string of the molecule is NC(=NCCC[C@@H]1NC(=O)[C@H](CCCN=C(N)N[N+](=O)[O-])NC1=O)N[N+](=O)[O-]. The predicted molar refractivity (Wildman–Crippen MR) is 95.6 cm³/mol. The minimum atomic E-state index is -0.841. The van der Waals surface area contributed by atoms with Gasteiger partial charge in [0.2, 0.25) is 11.8 Å². The van der Waals surface area contributed by atoms with Crippen molar-refractivity contribution in [2.45, 2.75) is 37.8 Å². The summed E-state index contributed by atoms with van der Waals surface area (Å²) in [6.07, 6.45) is 1.32. The van der Waals surface area contributed by atoms with Crippen LogP contribution in [0.2, 0.25) is 0 Å². The van der Waals surface area contributed by atoms with Crippen molar-refractivity contribution in [2.75, 3.05) is 13.1 Å². The van der Waals surface area contributed by atoms with Gasteiger partial charge in [-0.25, -0.2) is 30.2 Å². The standard InChI is InChI=1S/C12H22N10O6/c13-11(19-21(25)26)15-5-1-3-7-9(23)18-8(10(24)17-7)4-2-6-16-12(14)20-22(27)28/h7-8H,1-6H2,(H,17,24)(H,18,23)(H3,13,15,19)(H3,14,16,20)/t7-,8-/m0/s1. The Bertz CT molecular complexity index is 609. The third-order valence-corrected chi connectivity index (χ3v) is 3.54. The molecule has 1 aliphatic heterocycles. The molecule has 1 aliphatic rings. The molecule has 8 N–H and O–H groups in total. The zero-order chi connectivity index (χ0) is 21.1. The lowest BCUT2D eigenvalue weighted by molar-refractivity contribution is -0.525. The highest BCUT2D eigenvalue weighted by atomic mass is 16.7. The van der Waals surface area contributed by atoms with Gasteiger partial charge in [-0.05, 0) is 25.7 Å². The molecule has 0 aromatic carbocycles. The first-order valence-electron chi connectivity index (χ1n) is 8.21. The number of nitrogens with two attached hydrogens (primary N) is 2. The molecule has 156 valence electrons. The van der Waals surface area contributed by atoms with Gasteiger partial charge in [-0.15, -0.1) is 0 Å². The number of amides is 2. The van der Waals surface area contributed by atoms with Gasteiger partial charge >= 0.3 is 0 Å². The van der Waals surface area contributed by atoms with E-state index in [1.807, 2.05) is 0 Å². The van der Waals surface area contributed by atoms with Crippen molar-refractivity contribution < 1.29 is 19.7 Å². The summed E-state index contributed by atoms with van der Waals surface area (Å²) in [5.41, 5.74) is 13.9. The van der Waals surface area contributed by atoms with Crippen LogP contribution in [-0.4, -0.2) is 59.0 Å². The lowest BCUT2D eigenvalue weighted by atomic mass is 10.0. The van der Waals surface area contributed by atoms with E-state index >= 15 is 0 Å². The largest absolute Gasteiger partial charge is 0.365 e.